The van der Waals surface area contributed by atoms with Crippen molar-refractivity contribution in [3.05, 3.63) is 18.5 Å². The molecular formula is C12H20N2O2. The van der Waals surface area contributed by atoms with E-state index >= 15 is 0 Å². The van der Waals surface area contributed by atoms with Gasteiger partial charge < -0.3 is 4.74 Å². The van der Waals surface area contributed by atoms with Crippen molar-refractivity contribution in [2.24, 2.45) is 5.92 Å². The number of hydrogen-bond acceptors (Lipinski definition) is 3. The third-order valence-corrected chi connectivity index (χ3v) is 2.35. The molecule has 90 valence electrons. The summed E-state index contributed by atoms with van der Waals surface area (Å²) in [7, 11) is 0. The van der Waals surface area contributed by atoms with Crippen molar-refractivity contribution in [1.29, 1.82) is 0 Å². The lowest BCUT2D eigenvalue weighted by Gasteiger charge is -2.18. The minimum absolute atomic E-state index is 0.106. The highest BCUT2D eigenvalue weighted by atomic mass is 16.5. The number of esters is 1. The molecule has 1 rings (SSSR count). The molecule has 0 aromatic carbocycles. The first-order valence-electron chi connectivity index (χ1n) is 5.78. The van der Waals surface area contributed by atoms with Crippen LogP contribution in [0.5, 0.6) is 0 Å². The number of aromatic nitrogens is 2. The highest BCUT2D eigenvalue weighted by Gasteiger charge is 2.18. The van der Waals surface area contributed by atoms with Crippen LogP contribution in [0.3, 0.4) is 0 Å². The summed E-state index contributed by atoms with van der Waals surface area (Å²) in [6, 6.07) is 1.98. The molecule has 0 aliphatic rings. The third-order valence-electron chi connectivity index (χ3n) is 2.35. The van der Waals surface area contributed by atoms with E-state index < -0.39 is 0 Å². The molecule has 1 atom stereocenters. The second-order valence-corrected chi connectivity index (χ2v) is 4.28. The van der Waals surface area contributed by atoms with E-state index in [9.17, 15) is 4.79 Å². The lowest BCUT2D eigenvalue weighted by Crippen LogP contribution is -2.18. The Morgan fingerprint density at radius 3 is 2.75 bits per heavy atom. The summed E-state index contributed by atoms with van der Waals surface area (Å²) in [5.74, 6) is 0.382. The first-order valence-corrected chi connectivity index (χ1v) is 5.78. The average molecular weight is 224 g/mol. The predicted molar refractivity (Wildman–Crippen MR) is 62.0 cm³/mol. The molecule has 16 heavy (non-hydrogen) atoms. The molecule has 0 spiro atoms. The van der Waals surface area contributed by atoms with Gasteiger partial charge >= 0.3 is 5.97 Å². The fourth-order valence-corrected chi connectivity index (χ4v) is 1.74. The van der Waals surface area contributed by atoms with E-state index in [2.05, 4.69) is 18.9 Å². The van der Waals surface area contributed by atoms with Gasteiger partial charge in [0, 0.05) is 12.4 Å². The standard InChI is InChI=1S/C12H20N2O2/c1-4-16-12(15)9-11(8-10(2)3)14-7-5-6-13-14/h5-7,10-11H,4,8-9H2,1-3H3. The molecule has 4 heteroatoms. The summed E-state index contributed by atoms with van der Waals surface area (Å²) in [6.45, 7) is 6.54. The van der Waals surface area contributed by atoms with Crippen LogP contribution in [-0.4, -0.2) is 22.4 Å². The number of nitrogens with zero attached hydrogens (tertiary/aromatic N) is 2. The van der Waals surface area contributed by atoms with E-state index in [0.29, 0.717) is 18.9 Å². The first-order chi connectivity index (χ1) is 7.63. The smallest absolute Gasteiger partial charge is 0.307 e. The van der Waals surface area contributed by atoms with Gasteiger partial charge in [0.1, 0.15) is 0 Å². The van der Waals surface area contributed by atoms with Gasteiger partial charge in [0.25, 0.3) is 0 Å². The highest BCUT2D eigenvalue weighted by Crippen LogP contribution is 2.20. The van der Waals surface area contributed by atoms with Crippen molar-refractivity contribution in [2.45, 2.75) is 39.7 Å². The fourth-order valence-electron chi connectivity index (χ4n) is 1.74. The van der Waals surface area contributed by atoms with Crippen LogP contribution >= 0.6 is 0 Å². The molecule has 4 nitrogen and oxygen atoms in total. The predicted octanol–water partition coefficient (Wildman–Crippen LogP) is 2.42. The first kappa shape index (κ1) is 12.7. The molecule has 0 fully saturated rings. The molecule has 0 radical (unpaired) electrons. The van der Waals surface area contributed by atoms with Crippen LogP contribution in [0.25, 0.3) is 0 Å². The van der Waals surface area contributed by atoms with Gasteiger partial charge in [0.15, 0.2) is 0 Å². The van der Waals surface area contributed by atoms with Crippen molar-refractivity contribution in [3.8, 4) is 0 Å². The summed E-state index contributed by atoms with van der Waals surface area (Å²) < 4.78 is 6.82. The van der Waals surface area contributed by atoms with Gasteiger partial charge in [-0.15, -0.1) is 0 Å². The Kier molecular flexibility index (Phi) is 5.02. The van der Waals surface area contributed by atoms with Crippen molar-refractivity contribution < 1.29 is 9.53 Å². The van der Waals surface area contributed by atoms with E-state index in [1.165, 1.54) is 0 Å². The van der Waals surface area contributed by atoms with Crippen molar-refractivity contribution in [1.82, 2.24) is 9.78 Å². The number of carbonyl (C=O) groups excluding carboxylic acids is 1. The minimum Gasteiger partial charge on any atom is -0.466 e. The number of ether oxygens (including phenoxy) is 1. The Morgan fingerprint density at radius 2 is 2.25 bits per heavy atom. The van der Waals surface area contributed by atoms with E-state index in [1.54, 1.807) is 6.20 Å². The summed E-state index contributed by atoms with van der Waals surface area (Å²) in [5.41, 5.74) is 0. The average Bonchev–Trinajstić information content (AvgIpc) is 2.68. The quantitative estimate of drug-likeness (QED) is 0.697. The Bertz CT molecular complexity index is 307. The van der Waals surface area contributed by atoms with E-state index in [-0.39, 0.29) is 12.0 Å². The van der Waals surface area contributed by atoms with E-state index in [1.807, 2.05) is 23.9 Å². The lowest BCUT2D eigenvalue weighted by molar-refractivity contribution is -0.144. The van der Waals surface area contributed by atoms with Crippen LogP contribution in [0, 0.1) is 5.92 Å². The Hall–Kier alpha value is -1.32. The van der Waals surface area contributed by atoms with Crippen molar-refractivity contribution in [3.63, 3.8) is 0 Å². The molecule has 1 aromatic heterocycles. The van der Waals surface area contributed by atoms with Crippen LogP contribution < -0.4 is 0 Å². The molecule has 0 saturated carbocycles. The Morgan fingerprint density at radius 1 is 1.50 bits per heavy atom. The highest BCUT2D eigenvalue weighted by molar-refractivity contribution is 5.69. The number of carbonyl (C=O) groups is 1. The topological polar surface area (TPSA) is 44.1 Å². The van der Waals surface area contributed by atoms with Gasteiger partial charge in [0.2, 0.25) is 0 Å². The largest absolute Gasteiger partial charge is 0.466 e. The molecule has 0 aliphatic carbocycles. The lowest BCUT2D eigenvalue weighted by atomic mass is 10.0. The van der Waals surface area contributed by atoms with Crippen LogP contribution in [-0.2, 0) is 9.53 Å². The summed E-state index contributed by atoms with van der Waals surface area (Å²) in [4.78, 5) is 11.5. The second kappa shape index (κ2) is 6.30. The number of rotatable bonds is 6. The van der Waals surface area contributed by atoms with Crippen LogP contribution in [0.15, 0.2) is 18.5 Å². The maximum absolute atomic E-state index is 11.5. The zero-order valence-corrected chi connectivity index (χ0v) is 10.2. The number of hydrogen-bond donors (Lipinski definition) is 0. The SMILES string of the molecule is CCOC(=O)CC(CC(C)C)n1cccn1. The molecule has 0 bridgehead atoms. The van der Waals surface area contributed by atoms with Crippen molar-refractivity contribution in [2.75, 3.05) is 6.61 Å². The Labute approximate surface area is 96.6 Å². The molecule has 0 saturated heterocycles. The molecule has 0 N–H and O–H groups in total. The van der Waals surface area contributed by atoms with Crippen LogP contribution in [0.1, 0.15) is 39.7 Å². The monoisotopic (exact) mass is 224 g/mol. The Balaban J connectivity index is 2.61. The van der Waals surface area contributed by atoms with Gasteiger partial charge in [-0.3, -0.25) is 9.48 Å². The zero-order valence-electron chi connectivity index (χ0n) is 10.2. The van der Waals surface area contributed by atoms with E-state index in [0.717, 1.165) is 6.42 Å². The molecular weight excluding hydrogens is 204 g/mol. The molecule has 1 aromatic rings. The summed E-state index contributed by atoms with van der Waals surface area (Å²) in [6.07, 6.45) is 4.96. The van der Waals surface area contributed by atoms with Gasteiger partial charge in [-0.1, -0.05) is 13.8 Å². The summed E-state index contributed by atoms with van der Waals surface area (Å²) >= 11 is 0. The van der Waals surface area contributed by atoms with Crippen molar-refractivity contribution >= 4 is 5.97 Å². The summed E-state index contributed by atoms with van der Waals surface area (Å²) in [5, 5.41) is 4.19. The zero-order chi connectivity index (χ0) is 12.0. The van der Waals surface area contributed by atoms with E-state index in [4.69, 9.17) is 4.74 Å². The van der Waals surface area contributed by atoms with Crippen LogP contribution in [0.4, 0.5) is 0 Å². The normalized spacial score (nSPS) is 12.8. The molecule has 0 amide bonds. The van der Waals surface area contributed by atoms with Crippen LogP contribution in [0.2, 0.25) is 0 Å². The maximum atomic E-state index is 11.5. The van der Waals surface area contributed by atoms with Gasteiger partial charge in [-0.2, -0.15) is 5.10 Å². The van der Waals surface area contributed by atoms with Gasteiger partial charge in [0.05, 0.1) is 19.1 Å². The maximum Gasteiger partial charge on any atom is 0.307 e. The van der Waals surface area contributed by atoms with Gasteiger partial charge in [-0.25, -0.2) is 0 Å². The molecule has 1 unspecified atom stereocenters. The fraction of sp³-hybridized carbons (Fsp3) is 0.667. The second-order valence-electron chi connectivity index (χ2n) is 4.28. The minimum atomic E-state index is -0.149. The third kappa shape index (κ3) is 4.04. The molecule has 0 aliphatic heterocycles. The van der Waals surface area contributed by atoms with Gasteiger partial charge in [-0.05, 0) is 25.3 Å². The molecule has 1 heterocycles.